The number of anilines is 1. The van der Waals surface area contributed by atoms with Gasteiger partial charge in [0, 0.05) is 25.1 Å². The van der Waals surface area contributed by atoms with Crippen LogP contribution in [0.4, 0.5) is 18.9 Å². The van der Waals surface area contributed by atoms with E-state index in [9.17, 15) is 38.1 Å². The molecule has 0 saturated heterocycles. The van der Waals surface area contributed by atoms with Crippen molar-refractivity contribution in [3.8, 4) is 11.1 Å². The number of nitrogens with zero attached hydrogens (tertiary/aromatic N) is 2. The van der Waals surface area contributed by atoms with Crippen molar-refractivity contribution in [3.63, 3.8) is 0 Å². The molecule has 41 heavy (non-hydrogen) atoms. The molecule has 0 radical (unpaired) electrons. The minimum absolute atomic E-state index is 0.0827. The minimum Gasteiger partial charge on any atom is -0.480 e. The maximum absolute atomic E-state index is 13.8. The number of carboxylic acid groups (broad SMARTS) is 1. The van der Waals surface area contributed by atoms with Crippen LogP contribution in [0, 0.1) is 0 Å². The quantitative estimate of drug-likeness (QED) is 0.238. The number of alkyl halides is 3. The number of nitrogens with two attached hydrogens (primary N) is 1. The van der Waals surface area contributed by atoms with E-state index >= 15 is 0 Å². The van der Waals surface area contributed by atoms with Gasteiger partial charge in [-0.25, -0.2) is 9.10 Å². The number of aliphatic carboxylic acids is 1. The molecule has 0 bridgehead atoms. The highest BCUT2D eigenvalue weighted by Gasteiger charge is 2.37. The van der Waals surface area contributed by atoms with Crippen molar-refractivity contribution < 1.29 is 33.3 Å². The predicted octanol–water partition coefficient (Wildman–Crippen LogP) is 4.16. The predicted molar refractivity (Wildman–Crippen MR) is 150 cm³/mol. The third-order valence-corrected chi connectivity index (χ3v) is 8.18. The fraction of sp³-hybridized carbons (Fsp3) is 0.241. The lowest BCUT2D eigenvalue weighted by atomic mass is 9.92. The summed E-state index contributed by atoms with van der Waals surface area (Å²) in [6.07, 6.45) is -5.78. The van der Waals surface area contributed by atoms with Crippen LogP contribution in [0.5, 0.6) is 0 Å². The van der Waals surface area contributed by atoms with E-state index in [1.54, 1.807) is 0 Å². The lowest BCUT2D eigenvalue weighted by molar-refractivity contribution is -0.141. The SMILES string of the molecule is Nc1c(Cc2cccc3ccccc23)c(-c2cccc(C(F)(F)F)c2)c2n(c1=O)C(C(=O)O)CN(C[C@@H](O)CO)S2. The van der Waals surface area contributed by atoms with Gasteiger partial charge in [-0.05, 0) is 51.5 Å². The molecule has 214 valence electrons. The number of aromatic nitrogens is 1. The van der Waals surface area contributed by atoms with Gasteiger partial charge in [0.2, 0.25) is 0 Å². The van der Waals surface area contributed by atoms with Crippen LogP contribution in [-0.4, -0.2) is 56.0 Å². The van der Waals surface area contributed by atoms with Crippen LogP contribution in [0.3, 0.4) is 0 Å². The van der Waals surface area contributed by atoms with Crippen LogP contribution in [0.2, 0.25) is 0 Å². The molecule has 1 aliphatic rings. The van der Waals surface area contributed by atoms with Crippen LogP contribution in [0.25, 0.3) is 21.9 Å². The van der Waals surface area contributed by atoms with Crippen LogP contribution in [-0.2, 0) is 17.4 Å². The first-order chi connectivity index (χ1) is 19.5. The van der Waals surface area contributed by atoms with Crippen LogP contribution >= 0.6 is 11.9 Å². The second-order valence-electron chi connectivity index (χ2n) is 9.77. The van der Waals surface area contributed by atoms with Crippen LogP contribution < -0.4 is 11.3 Å². The summed E-state index contributed by atoms with van der Waals surface area (Å²) in [5, 5.41) is 31.4. The number of nitrogen functional groups attached to an aromatic ring is 1. The number of aliphatic hydroxyl groups is 2. The topological polar surface area (TPSA) is 129 Å². The Labute approximate surface area is 236 Å². The normalized spacial score (nSPS) is 16.5. The molecule has 12 heteroatoms. The van der Waals surface area contributed by atoms with Gasteiger partial charge in [-0.2, -0.15) is 13.2 Å². The molecular formula is C29H26F3N3O5S. The van der Waals surface area contributed by atoms with Gasteiger partial charge in [0.05, 0.1) is 18.3 Å². The number of carbonyl (C=O) groups is 1. The lowest BCUT2D eigenvalue weighted by Crippen LogP contribution is -2.45. The van der Waals surface area contributed by atoms with Crippen molar-refractivity contribution >= 4 is 34.4 Å². The smallest absolute Gasteiger partial charge is 0.416 e. The molecule has 0 fully saturated rings. The molecule has 1 aromatic heterocycles. The first kappa shape index (κ1) is 28.7. The minimum atomic E-state index is -4.66. The molecule has 4 aromatic rings. The Morgan fingerprint density at radius 2 is 1.80 bits per heavy atom. The Morgan fingerprint density at radius 1 is 1.10 bits per heavy atom. The summed E-state index contributed by atoms with van der Waals surface area (Å²) in [5.41, 5.74) is 5.80. The van der Waals surface area contributed by atoms with E-state index in [0.29, 0.717) is 0 Å². The zero-order valence-electron chi connectivity index (χ0n) is 21.5. The summed E-state index contributed by atoms with van der Waals surface area (Å²) in [5.74, 6) is -1.35. The number of rotatable bonds is 7. The Morgan fingerprint density at radius 3 is 2.51 bits per heavy atom. The van der Waals surface area contributed by atoms with E-state index in [-0.39, 0.29) is 46.9 Å². The third kappa shape index (κ3) is 5.55. The molecule has 0 aliphatic carbocycles. The summed E-state index contributed by atoms with van der Waals surface area (Å²) in [4.78, 5) is 26.0. The van der Waals surface area contributed by atoms with Crippen molar-refractivity contribution in [1.29, 1.82) is 0 Å². The summed E-state index contributed by atoms with van der Waals surface area (Å²) in [7, 11) is 0. The van der Waals surface area contributed by atoms with Gasteiger partial charge in [-0.1, -0.05) is 54.6 Å². The molecular weight excluding hydrogens is 559 g/mol. The fourth-order valence-electron chi connectivity index (χ4n) is 5.10. The molecule has 0 amide bonds. The van der Waals surface area contributed by atoms with Crippen molar-refractivity contribution in [2.45, 2.75) is 29.8 Å². The van der Waals surface area contributed by atoms with E-state index < -0.39 is 42.0 Å². The number of benzene rings is 3. The number of hydrogen-bond donors (Lipinski definition) is 4. The van der Waals surface area contributed by atoms with Gasteiger partial charge in [0.25, 0.3) is 5.56 Å². The van der Waals surface area contributed by atoms with Gasteiger partial charge in [0.15, 0.2) is 0 Å². The summed E-state index contributed by atoms with van der Waals surface area (Å²) in [6, 6.07) is 16.2. The number of fused-ring (bicyclic) bond motifs is 2. The Bertz CT molecular complexity index is 1690. The van der Waals surface area contributed by atoms with Gasteiger partial charge in [-0.3, -0.25) is 9.36 Å². The number of aliphatic hydroxyl groups excluding tert-OH is 2. The number of hydrogen-bond acceptors (Lipinski definition) is 7. The van der Waals surface area contributed by atoms with Crippen molar-refractivity contribution in [3.05, 3.63) is 93.8 Å². The number of pyridine rings is 1. The van der Waals surface area contributed by atoms with Crippen LogP contribution in [0.1, 0.15) is 22.7 Å². The van der Waals surface area contributed by atoms with E-state index in [2.05, 4.69) is 0 Å². The molecule has 3 aromatic carbocycles. The standard InChI is InChI=1S/C29H26F3N3O5S/c30-29(31,32)19-9-4-8-18(11-19)24-22(12-17-7-3-6-16-5-1-2-10-21(16)17)25(33)26(38)35-23(28(39)40)14-34(41-27(24)35)13-20(37)15-36/h1-11,20,23,36-37H,12-15,33H2,(H,39,40)/t20-,23?/m1/s1. The molecule has 1 aliphatic heterocycles. The van der Waals surface area contributed by atoms with Crippen molar-refractivity contribution in [2.75, 3.05) is 25.4 Å². The van der Waals surface area contributed by atoms with Crippen LogP contribution in [0.15, 0.2) is 76.6 Å². The molecule has 5 N–H and O–H groups in total. The molecule has 1 unspecified atom stereocenters. The first-order valence-electron chi connectivity index (χ1n) is 12.6. The first-order valence-corrected chi connectivity index (χ1v) is 13.4. The number of halogens is 3. The second-order valence-corrected chi connectivity index (χ2v) is 10.9. The summed E-state index contributed by atoms with van der Waals surface area (Å²) in [6.45, 7) is -0.950. The zero-order valence-corrected chi connectivity index (χ0v) is 22.3. The summed E-state index contributed by atoms with van der Waals surface area (Å²) < 4.78 is 43.8. The molecule has 5 rings (SSSR count). The highest BCUT2D eigenvalue weighted by molar-refractivity contribution is 7.97. The number of carboxylic acids is 1. The molecule has 2 heterocycles. The molecule has 0 saturated carbocycles. The third-order valence-electron chi connectivity index (χ3n) is 7.05. The maximum atomic E-state index is 13.8. The van der Waals surface area contributed by atoms with Gasteiger partial charge < -0.3 is 21.1 Å². The van der Waals surface area contributed by atoms with Crippen molar-refractivity contribution in [1.82, 2.24) is 8.87 Å². The Kier molecular flexibility index (Phi) is 7.84. The van der Waals surface area contributed by atoms with E-state index in [1.165, 1.54) is 16.4 Å². The molecule has 0 spiro atoms. The average Bonchev–Trinajstić information content (AvgIpc) is 2.95. The maximum Gasteiger partial charge on any atom is 0.416 e. The highest BCUT2D eigenvalue weighted by atomic mass is 32.2. The fourth-order valence-corrected chi connectivity index (χ4v) is 6.44. The van der Waals surface area contributed by atoms with Crippen molar-refractivity contribution in [2.24, 2.45) is 0 Å². The van der Waals surface area contributed by atoms with Gasteiger partial charge >= 0.3 is 12.1 Å². The monoisotopic (exact) mass is 585 g/mol. The average molecular weight is 586 g/mol. The number of β-amino-alcohol motifs (C(OH)–C–C–N with tert-alkyl or cyclic N) is 1. The lowest BCUT2D eigenvalue weighted by Gasteiger charge is -2.36. The molecule has 2 atom stereocenters. The highest BCUT2D eigenvalue weighted by Crippen LogP contribution is 2.44. The summed E-state index contributed by atoms with van der Waals surface area (Å²) >= 11 is 0.933. The van der Waals surface area contributed by atoms with E-state index in [1.807, 2.05) is 42.5 Å². The zero-order chi connectivity index (χ0) is 29.5. The largest absolute Gasteiger partial charge is 0.480 e. The van der Waals surface area contributed by atoms with E-state index in [4.69, 9.17) is 5.73 Å². The van der Waals surface area contributed by atoms with Gasteiger partial charge in [0.1, 0.15) is 16.8 Å². The van der Waals surface area contributed by atoms with Gasteiger partial charge in [-0.15, -0.1) is 0 Å². The van der Waals surface area contributed by atoms with E-state index in [0.717, 1.165) is 45.0 Å². The Balaban J connectivity index is 1.81. The second kappa shape index (κ2) is 11.2. The molecule has 8 nitrogen and oxygen atoms in total. The Hall–Kier alpha value is -3.84.